The number of hydrogen-bond donors (Lipinski definition) is 1. The number of hydrogen-bond acceptors (Lipinski definition) is 2. The molecule has 1 aromatic heterocycles. The van der Waals surface area contributed by atoms with Crippen LogP contribution in [0.1, 0.15) is 5.69 Å². The second kappa shape index (κ2) is 5.21. The Balaban J connectivity index is 2.42. The van der Waals surface area contributed by atoms with E-state index >= 15 is 0 Å². The molecule has 1 heterocycles. The predicted octanol–water partition coefficient (Wildman–Crippen LogP) is 0.500. The summed E-state index contributed by atoms with van der Waals surface area (Å²) in [6, 6.07) is 5.90. The summed E-state index contributed by atoms with van der Waals surface area (Å²) in [7, 11) is 3.61. The Morgan fingerprint density at radius 3 is 2.93 bits per heavy atom. The van der Waals surface area contributed by atoms with Crippen molar-refractivity contribution in [1.82, 2.24) is 9.88 Å². The maximum Gasteiger partial charge on any atom is 0.190 e. The smallest absolute Gasteiger partial charge is 0.190 e. The van der Waals surface area contributed by atoms with Gasteiger partial charge in [0.05, 0.1) is 0 Å². The quantitative estimate of drug-likeness (QED) is 0.560. The van der Waals surface area contributed by atoms with Crippen LogP contribution in [0.4, 0.5) is 0 Å². The molecule has 0 radical (unpaired) electrons. The number of aromatic nitrogens is 1. The molecular formula is C10H16N4. The second-order valence-corrected chi connectivity index (χ2v) is 3.07. The summed E-state index contributed by atoms with van der Waals surface area (Å²) < 4.78 is 0. The Hall–Kier alpha value is -1.58. The summed E-state index contributed by atoms with van der Waals surface area (Å²) in [6.07, 6.45) is 2.68. The molecule has 4 heteroatoms. The molecule has 0 aliphatic heterocycles. The molecule has 0 fully saturated rings. The summed E-state index contributed by atoms with van der Waals surface area (Å²) in [6.45, 7) is 0.834. The summed E-state index contributed by atoms with van der Waals surface area (Å²) in [5.74, 6) is 0.556. The monoisotopic (exact) mass is 192 g/mol. The Morgan fingerprint density at radius 2 is 2.36 bits per heavy atom. The number of likely N-dealkylation sites (N-methyl/N-ethyl adjacent to an activating group) is 1. The van der Waals surface area contributed by atoms with Crippen molar-refractivity contribution in [2.24, 2.45) is 10.7 Å². The Kier molecular flexibility index (Phi) is 3.91. The average molecular weight is 192 g/mol. The minimum absolute atomic E-state index is 0.556. The largest absolute Gasteiger partial charge is 0.370 e. The van der Waals surface area contributed by atoms with Crippen LogP contribution in [-0.2, 0) is 6.42 Å². The maximum absolute atomic E-state index is 5.64. The van der Waals surface area contributed by atoms with E-state index in [1.54, 1.807) is 13.2 Å². The van der Waals surface area contributed by atoms with E-state index in [0.717, 1.165) is 18.7 Å². The standard InChI is InChI=1S/C10H16N4/c1-12-10(11)14(2)8-6-9-5-3-4-7-13-9/h3-5,7H,6,8H2,1-2H3,(H2,11,12). The first-order chi connectivity index (χ1) is 6.74. The van der Waals surface area contributed by atoms with E-state index in [4.69, 9.17) is 5.73 Å². The molecular weight excluding hydrogens is 176 g/mol. The van der Waals surface area contributed by atoms with Gasteiger partial charge in [0.1, 0.15) is 0 Å². The molecule has 0 aromatic carbocycles. The second-order valence-electron chi connectivity index (χ2n) is 3.07. The molecule has 0 amide bonds. The highest BCUT2D eigenvalue weighted by Crippen LogP contribution is 1.95. The fourth-order valence-electron chi connectivity index (χ4n) is 1.11. The lowest BCUT2D eigenvalue weighted by Gasteiger charge is -2.16. The zero-order valence-electron chi connectivity index (χ0n) is 8.64. The average Bonchev–Trinajstić information content (AvgIpc) is 2.26. The van der Waals surface area contributed by atoms with Crippen molar-refractivity contribution in [1.29, 1.82) is 0 Å². The van der Waals surface area contributed by atoms with Crippen molar-refractivity contribution >= 4 is 5.96 Å². The van der Waals surface area contributed by atoms with Gasteiger partial charge >= 0.3 is 0 Å². The van der Waals surface area contributed by atoms with E-state index in [9.17, 15) is 0 Å². The highest BCUT2D eigenvalue weighted by atomic mass is 15.2. The molecule has 1 aromatic rings. The van der Waals surface area contributed by atoms with Crippen LogP contribution in [0.2, 0.25) is 0 Å². The van der Waals surface area contributed by atoms with E-state index < -0.39 is 0 Å². The van der Waals surface area contributed by atoms with Crippen LogP contribution in [0, 0.1) is 0 Å². The van der Waals surface area contributed by atoms with Crippen LogP contribution in [-0.4, -0.2) is 36.5 Å². The van der Waals surface area contributed by atoms with Crippen LogP contribution >= 0.6 is 0 Å². The number of nitrogens with zero attached hydrogens (tertiary/aromatic N) is 3. The van der Waals surface area contributed by atoms with Gasteiger partial charge in [0.15, 0.2) is 5.96 Å². The van der Waals surface area contributed by atoms with Crippen molar-refractivity contribution < 1.29 is 0 Å². The van der Waals surface area contributed by atoms with Crippen molar-refractivity contribution in [3.63, 3.8) is 0 Å². The molecule has 14 heavy (non-hydrogen) atoms. The van der Waals surface area contributed by atoms with Crippen LogP contribution in [0.5, 0.6) is 0 Å². The van der Waals surface area contributed by atoms with Gasteiger partial charge in [-0.25, -0.2) is 0 Å². The van der Waals surface area contributed by atoms with E-state index in [-0.39, 0.29) is 0 Å². The molecule has 4 nitrogen and oxygen atoms in total. The van der Waals surface area contributed by atoms with Gasteiger partial charge in [-0.15, -0.1) is 0 Å². The van der Waals surface area contributed by atoms with Crippen molar-refractivity contribution in [3.8, 4) is 0 Å². The third-order valence-electron chi connectivity index (χ3n) is 2.05. The highest BCUT2D eigenvalue weighted by Gasteiger charge is 2.00. The van der Waals surface area contributed by atoms with Crippen LogP contribution < -0.4 is 5.73 Å². The molecule has 0 atom stereocenters. The zero-order chi connectivity index (χ0) is 10.4. The number of nitrogens with two attached hydrogens (primary N) is 1. The first-order valence-electron chi connectivity index (χ1n) is 4.57. The van der Waals surface area contributed by atoms with Crippen molar-refractivity contribution in [2.75, 3.05) is 20.6 Å². The minimum Gasteiger partial charge on any atom is -0.370 e. The predicted molar refractivity (Wildman–Crippen MR) is 58.1 cm³/mol. The molecule has 0 spiro atoms. The lowest BCUT2D eigenvalue weighted by atomic mass is 10.2. The van der Waals surface area contributed by atoms with Crippen LogP contribution in [0.25, 0.3) is 0 Å². The Bertz CT molecular complexity index is 294. The SMILES string of the molecule is CN=C(N)N(C)CCc1ccccn1. The molecule has 0 aliphatic carbocycles. The summed E-state index contributed by atoms with van der Waals surface area (Å²) in [4.78, 5) is 10.0. The van der Waals surface area contributed by atoms with Gasteiger partial charge in [-0.2, -0.15) is 0 Å². The molecule has 2 N–H and O–H groups in total. The van der Waals surface area contributed by atoms with Crippen molar-refractivity contribution in [2.45, 2.75) is 6.42 Å². The number of guanidine groups is 1. The topological polar surface area (TPSA) is 54.5 Å². The van der Waals surface area contributed by atoms with E-state index in [1.807, 2.05) is 30.1 Å². The van der Waals surface area contributed by atoms with E-state index in [1.165, 1.54) is 0 Å². The summed E-state index contributed by atoms with van der Waals surface area (Å²) in [5, 5.41) is 0. The van der Waals surface area contributed by atoms with Crippen molar-refractivity contribution in [3.05, 3.63) is 30.1 Å². The third-order valence-corrected chi connectivity index (χ3v) is 2.05. The summed E-state index contributed by atoms with van der Waals surface area (Å²) in [5.41, 5.74) is 6.71. The molecule has 0 unspecified atom stereocenters. The van der Waals surface area contributed by atoms with E-state index in [0.29, 0.717) is 5.96 Å². The number of rotatable bonds is 3. The van der Waals surface area contributed by atoms with Crippen LogP contribution in [0.15, 0.2) is 29.4 Å². The lowest BCUT2D eigenvalue weighted by molar-refractivity contribution is 0.499. The van der Waals surface area contributed by atoms with Gasteiger partial charge in [-0.05, 0) is 12.1 Å². The fourth-order valence-corrected chi connectivity index (χ4v) is 1.11. The lowest BCUT2D eigenvalue weighted by Crippen LogP contribution is -2.35. The Labute approximate surface area is 84.5 Å². The zero-order valence-corrected chi connectivity index (χ0v) is 8.64. The minimum atomic E-state index is 0.556. The first-order valence-corrected chi connectivity index (χ1v) is 4.57. The number of pyridine rings is 1. The Morgan fingerprint density at radius 1 is 1.57 bits per heavy atom. The molecule has 0 bridgehead atoms. The fraction of sp³-hybridized carbons (Fsp3) is 0.400. The molecule has 0 aliphatic rings. The van der Waals surface area contributed by atoms with Crippen LogP contribution in [0.3, 0.4) is 0 Å². The summed E-state index contributed by atoms with van der Waals surface area (Å²) >= 11 is 0. The molecule has 76 valence electrons. The van der Waals surface area contributed by atoms with E-state index in [2.05, 4.69) is 9.98 Å². The van der Waals surface area contributed by atoms with Gasteiger partial charge in [0.25, 0.3) is 0 Å². The first kappa shape index (κ1) is 10.5. The molecule has 0 saturated carbocycles. The van der Waals surface area contributed by atoms with Gasteiger partial charge in [-0.3, -0.25) is 9.98 Å². The molecule has 1 rings (SSSR count). The molecule has 0 saturated heterocycles. The van der Waals surface area contributed by atoms with Gasteiger partial charge in [-0.1, -0.05) is 6.07 Å². The van der Waals surface area contributed by atoms with Gasteiger partial charge in [0.2, 0.25) is 0 Å². The van der Waals surface area contributed by atoms with Gasteiger partial charge in [0, 0.05) is 39.0 Å². The number of aliphatic imine (C=N–C) groups is 1. The van der Waals surface area contributed by atoms with Gasteiger partial charge < -0.3 is 10.6 Å². The third kappa shape index (κ3) is 3.05. The maximum atomic E-state index is 5.64. The normalized spacial score (nSPS) is 11.4. The highest BCUT2D eigenvalue weighted by molar-refractivity contribution is 5.77.